The second-order valence-electron chi connectivity index (χ2n) is 2.79. The molecule has 0 aliphatic heterocycles. The van der Waals surface area contributed by atoms with E-state index >= 15 is 0 Å². The van der Waals surface area contributed by atoms with E-state index in [1.54, 1.807) is 0 Å². The molecule has 0 atom stereocenters. The van der Waals surface area contributed by atoms with Crippen LogP contribution in [0.15, 0.2) is 12.1 Å². The van der Waals surface area contributed by atoms with E-state index in [1.807, 2.05) is 0 Å². The van der Waals surface area contributed by atoms with Crippen LogP contribution in [0.3, 0.4) is 0 Å². The molecule has 0 radical (unpaired) electrons. The van der Waals surface area contributed by atoms with Crippen molar-refractivity contribution in [2.45, 2.75) is 13.1 Å². The third kappa shape index (κ3) is 2.40. The molecule has 1 rings (SSSR count). The fraction of sp³-hybridized carbons (Fsp3) is 0.200. The molecule has 0 saturated heterocycles. The van der Waals surface area contributed by atoms with Crippen LogP contribution in [0, 0.1) is 17.7 Å². The monoisotopic (exact) mass is 217 g/mol. The Hall–Kier alpha value is -1.70. The second kappa shape index (κ2) is 3.81. The number of anilines is 1. The minimum Gasteiger partial charge on any atom is -0.396 e. The Balaban J connectivity index is 3.46. The molecule has 2 N–H and O–H groups in total. The first-order valence-corrected chi connectivity index (χ1v) is 3.95. The highest BCUT2D eigenvalue weighted by Gasteiger charge is 2.33. The van der Waals surface area contributed by atoms with Crippen LogP contribution < -0.4 is 5.73 Å². The summed E-state index contributed by atoms with van der Waals surface area (Å²) >= 11 is 0. The smallest absolute Gasteiger partial charge is 0.396 e. The van der Waals surface area contributed by atoms with E-state index in [9.17, 15) is 17.6 Å². The lowest BCUT2D eigenvalue weighted by Gasteiger charge is -2.10. The number of rotatable bonds is 0. The highest BCUT2D eigenvalue weighted by atomic mass is 19.4. The quantitative estimate of drug-likeness (QED) is 0.403. The molecule has 0 saturated carbocycles. The molecule has 0 fully saturated rings. The Morgan fingerprint density at radius 3 is 2.33 bits per heavy atom. The van der Waals surface area contributed by atoms with E-state index in [1.165, 1.54) is 6.92 Å². The lowest BCUT2D eigenvalue weighted by molar-refractivity contribution is -0.137. The van der Waals surface area contributed by atoms with Gasteiger partial charge in [0, 0.05) is 5.56 Å². The number of halogens is 4. The van der Waals surface area contributed by atoms with Crippen molar-refractivity contribution in [1.29, 1.82) is 0 Å². The summed E-state index contributed by atoms with van der Waals surface area (Å²) in [7, 11) is 0. The first-order valence-electron chi connectivity index (χ1n) is 3.95. The number of benzene rings is 1. The van der Waals surface area contributed by atoms with Crippen LogP contribution in [0.5, 0.6) is 0 Å². The van der Waals surface area contributed by atoms with Gasteiger partial charge >= 0.3 is 6.18 Å². The predicted octanol–water partition coefficient (Wildman–Crippen LogP) is 2.80. The maximum atomic E-state index is 12.9. The summed E-state index contributed by atoms with van der Waals surface area (Å²) in [6.07, 6.45) is -4.58. The van der Waals surface area contributed by atoms with Crippen LogP contribution in [0.2, 0.25) is 0 Å². The fourth-order valence-corrected chi connectivity index (χ4v) is 1.06. The van der Waals surface area contributed by atoms with Gasteiger partial charge in [-0.15, -0.1) is 5.92 Å². The van der Waals surface area contributed by atoms with Crippen molar-refractivity contribution in [3.8, 4) is 11.8 Å². The summed E-state index contributed by atoms with van der Waals surface area (Å²) in [6, 6.07) is 1.24. The minimum atomic E-state index is -4.58. The van der Waals surface area contributed by atoms with Gasteiger partial charge in [-0.1, -0.05) is 5.92 Å². The molecule has 80 valence electrons. The predicted molar refractivity (Wildman–Crippen MR) is 48.4 cm³/mol. The van der Waals surface area contributed by atoms with E-state index in [2.05, 4.69) is 11.8 Å². The molecule has 0 bridgehead atoms. The summed E-state index contributed by atoms with van der Waals surface area (Å²) in [4.78, 5) is 0. The normalized spacial score (nSPS) is 10.7. The molecule has 0 aliphatic rings. The fourth-order valence-electron chi connectivity index (χ4n) is 1.06. The van der Waals surface area contributed by atoms with Crippen molar-refractivity contribution in [2.75, 3.05) is 5.73 Å². The summed E-state index contributed by atoms with van der Waals surface area (Å²) in [6.45, 7) is 1.37. The molecule has 15 heavy (non-hydrogen) atoms. The maximum absolute atomic E-state index is 12.9. The topological polar surface area (TPSA) is 26.0 Å². The molecular weight excluding hydrogens is 210 g/mol. The van der Waals surface area contributed by atoms with Gasteiger partial charge in [0.25, 0.3) is 0 Å². The van der Waals surface area contributed by atoms with E-state index < -0.39 is 28.8 Å². The molecule has 1 nitrogen and oxygen atoms in total. The van der Waals surface area contributed by atoms with Gasteiger partial charge < -0.3 is 5.73 Å². The Morgan fingerprint density at radius 2 is 1.87 bits per heavy atom. The maximum Gasteiger partial charge on any atom is 0.417 e. The van der Waals surface area contributed by atoms with Crippen molar-refractivity contribution in [2.24, 2.45) is 0 Å². The van der Waals surface area contributed by atoms with E-state index in [0.717, 1.165) is 0 Å². The molecule has 0 aromatic heterocycles. The highest BCUT2D eigenvalue weighted by molar-refractivity contribution is 5.52. The van der Waals surface area contributed by atoms with Crippen LogP contribution in [0.4, 0.5) is 23.2 Å². The van der Waals surface area contributed by atoms with Gasteiger partial charge in [-0.25, -0.2) is 4.39 Å². The Labute approximate surface area is 83.9 Å². The summed E-state index contributed by atoms with van der Waals surface area (Å²) in [5, 5.41) is 0. The molecule has 0 unspecified atom stereocenters. The lowest BCUT2D eigenvalue weighted by Crippen LogP contribution is -2.09. The number of nitrogen functional groups attached to an aromatic ring is 1. The van der Waals surface area contributed by atoms with Gasteiger partial charge in [0.2, 0.25) is 0 Å². The number of hydrogen-bond acceptors (Lipinski definition) is 1. The molecule has 5 heteroatoms. The Bertz CT molecular complexity index is 437. The first kappa shape index (κ1) is 11.4. The van der Waals surface area contributed by atoms with Crippen LogP contribution in [-0.4, -0.2) is 0 Å². The van der Waals surface area contributed by atoms with Crippen LogP contribution in [-0.2, 0) is 6.18 Å². The molecule has 0 heterocycles. The average Bonchev–Trinajstić information content (AvgIpc) is 2.09. The lowest BCUT2D eigenvalue weighted by atomic mass is 10.1. The Kier molecular flexibility index (Phi) is 2.89. The molecular formula is C10H7F4N. The van der Waals surface area contributed by atoms with E-state index in [4.69, 9.17) is 5.73 Å². The van der Waals surface area contributed by atoms with Crippen LogP contribution in [0.1, 0.15) is 18.1 Å². The van der Waals surface area contributed by atoms with Gasteiger partial charge in [0.15, 0.2) is 0 Å². The summed E-state index contributed by atoms with van der Waals surface area (Å²) in [5.41, 5.74) is 3.10. The summed E-state index contributed by atoms with van der Waals surface area (Å²) in [5.74, 6) is 3.57. The van der Waals surface area contributed by atoms with Crippen LogP contribution in [0.25, 0.3) is 0 Å². The van der Waals surface area contributed by atoms with Gasteiger partial charge in [-0.05, 0) is 19.1 Å². The number of alkyl halides is 3. The van der Waals surface area contributed by atoms with Crippen LogP contribution >= 0.6 is 0 Å². The van der Waals surface area contributed by atoms with Crippen molar-refractivity contribution in [3.05, 3.63) is 29.1 Å². The Morgan fingerprint density at radius 1 is 1.27 bits per heavy atom. The van der Waals surface area contributed by atoms with E-state index in [-0.39, 0.29) is 0 Å². The third-order valence-corrected chi connectivity index (χ3v) is 1.70. The second-order valence-corrected chi connectivity index (χ2v) is 2.79. The molecule has 0 amide bonds. The highest BCUT2D eigenvalue weighted by Crippen LogP contribution is 2.33. The first-order chi connectivity index (χ1) is 6.86. The van der Waals surface area contributed by atoms with Gasteiger partial charge in [0.1, 0.15) is 5.82 Å². The zero-order chi connectivity index (χ0) is 11.6. The van der Waals surface area contributed by atoms with Crippen molar-refractivity contribution in [1.82, 2.24) is 0 Å². The van der Waals surface area contributed by atoms with Gasteiger partial charge in [0.05, 0.1) is 11.3 Å². The SMILES string of the molecule is CC#Cc1cc(F)c(N)cc1C(F)(F)F. The molecule has 0 aliphatic carbocycles. The number of nitrogens with two attached hydrogens (primary N) is 1. The standard InChI is InChI=1S/C10H7F4N/c1-2-3-6-4-8(11)9(15)5-7(6)10(12,13)14/h4-5H,15H2,1H3. The summed E-state index contributed by atoms with van der Waals surface area (Å²) < 4.78 is 50.2. The van der Waals surface area contributed by atoms with Crippen molar-refractivity contribution in [3.63, 3.8) is 0 Å². The van der Waals surface area contributed by atoms with Crippen molar-refractivity contribution >= 4 is 5.69 Å². The third-order valence-electron chi connectivity index (χ3n) is 1.70. The van der Waals surface area contributed by atoms with E-state index in [0.29, 0.717) is 12.1 Å². The molecule has 1 aromatic rings. The molecule has 0 spiro atoms. The number of hydrogen-bond donors (Lipinski definition) is 1. The van der Waals surface area contributed by atoms with Crippen molar-refractivity contribution < 1.29 is 17.6 Å². The van der Waals surface area contributed by atoms with Gasteiger partial charge in [-0.3, -0.25) is 0 Å². The largest absolute Gasteiger partial charge is 0.417 e. The zero-order valence-electron chi connectivity index (χ0n) is 7.74. The zero-order valence-corrected chi connectivity index (χ0v) is 7.74. The minimum absolute atomic E-state index is 0.406. The molecule has 1 aromatic carbocycles. The average molecular weight is 217 g/mol. The van der Waals surface area contributed by atoms with Gasteiger partial charge in [-0.2, -0.15) is 13.2 Å².